The second-order valence-electron chi connectivity index (χ2n) is 8.76. The quantitative estimate of drug-likeness (QED) is 0.329. The number of para-hydroxylation sites is 1. The fourth-order valence-electron chi connectivity index (χ4n) is 4.82. The van der Waals surface area contributed by atoms with Crippen LogP contribution in [0.1, 0.15) is 34.3 Å². The molecule has 2 aromatic carbocycles. The Hall–Kier alpha value is -4.23. The lowest BCUT2D eigenvalue weighted by Crippen LogP contribution is -2.41. The summed E-state index contributed by atoms with van der Waals surface area (Å²) < 4.78 is 9.52. The van der Waals surface area contributed by atoms with Crippen molar-refractivity contribution in [1.29, 1.82) is 0 Å². The van der Waals surface area contributed by atoms with E-state index in [1.54, 1.807) is 6.26 Å². The fraction of sp³-hybridized carbons (Fsp3) is 0.143. The summed E-state index contributed by atoms with van der Waals surface area (Å²) in [6.45, 7) is 2.67. The van der Waals surface area contributed by atoms with Crippen LogP contribution in [0.2, 0.25) is 5.02 Å². The average molecular weight is 498 g/mol. The van der Waals surface area contributed by atoms with Crippen molar-refractivity contribution in [2.24, 2.45) is 0 Å². The highest BCUT2D eigenvalue weighted by atomic mass is 35.5. The second kappa shape index (κ2) is 9.09. The van der Waals surface area contributed by atoms with E-state index in [0.717, 1.165) is 34.0 Å². The molecule has 0 radical (unpaired) electrons. The highest BCUT2D eigenvalue weighted by Crippen LogP contribution is 2.38. The number of aryl methyl sites for hydroxylation is 1. The van der Waals surface area contributed by atoms with Gasteiger partial charge in [0.2, 0.25) is 0 Å². The van der Waals surface area contributed by atoms with Gasteiger partial charge < -0.3 is 19.2 Å². The number of fused-ring (bicyclic) bond motifs is 3. The van der Waals surface area contributed by atoms with E-state index in [-0.39, 0.29) is 12.1 Å². The summed E-state index contributed by atoms with van der Waals surface area (Å²) in [4.78, 5) is 15.6. The van der Waals surface area contributed by atoms with Gasteiger partial charge >= 0.3 is 6.03 Å². The minimum absolute atomic E-state index is 0.196. The molecule has 2 amide bonds. The van der Waals surface area contributed by atoms with Gasteiger partial charge in [0.05, 0.1) is 42.5 Å². The van der Waals surface area contributed by atoms with Gasteiger partial charge in [-0.1, -0.05) is 41.9 Å². The van der Waals surface area contributed by atoms with Crippen LogP contribution in [0, 0.1) is 6.92 Å². The van der Waals surface area contributed by atoms with E-state index in [2.05, 4.69) is 16.0 Å². The van der Waals surface area contributed by atoms with Crippen LogP contribution in [-0.2, 0) is 13.1 Å². The molecule has 1 atom stereocenters. The van der Waals surface area contributed by atoms with Crippen LogP contribution in [-0.4, -0.2) is 25.3 Å². The third-order valence-corrected chi connectivity index (χ3v) is 6.78. The van der Waals surface area contributed by atoms with Crippen LogP contribution in [0.5, 0.6) is 0 Å². The maximum absolute atomic E-state index is 13.7. The number of rotatable bonds is 4. The molecule has 36 heavy (non-hydrogen) atoms. The molecule has 0 saturated carbocycles. The zero-order chi connectivity index (χ0) is 24.6. The van der Waals surface area contributed by atoms with Crippen molar-refractivity contribution >= 4 is 17.6 Å². The molecular formula is C28H24ClN5O2. The van der Waals surface area contributed by atoms with Gasteiger partial charge in [0.25, 0.3) is 0 Å². The van der Waals surface area contributed by atoms with Crippen LogP contribution < -0.4 is 5.32 Å². The summed E-state index contributed by atoms with van der Waals surface area (Å²) in [5.74, 6) is 1.62. The zero-order valence-electron chi connectivity index (χ0n) is 19.6. The van der Waals surface area contributed by atoms with Gasteiger partial charge in [-0.15, -0.1) is 0 Å². The van der Waals surface area contributed by atoms with Crippen molar-refractivity contribution in [3.05, 3.63) is 125 Å². The number of amides is 2. The Balaban J connectivity index is 1.50. The van der Waals surface area contributed by atoms with Crippen molar-refractivity contribution in [1.82, 2.24) is 24.6 Å². The Bertz CT molecular complexity index is 1500. The van der Waals surface area contributed by atoms with E-state index in [1.807, 2.05) is 95.5 Å². The van der Waals surface area contributed by atoms with Crippen LogP contribution in [0.15, 0.2) is 95.7 Å². The van der Waals surface area contributed by atoms with Crippen molar-refractivity contribution < 1.29 is 9.21 Å². The molecule has 8 heteroatoms. The van der Waals surface area contributed by atoms with Crippen molar-refractivity contribution in [2.75, 3.05) is 0 Å². The minimum atomic E-state index is -0.343. The SMILES string of the molecule is Cc1nn(-c2ccccc2)c2c1CN(C(=O)NCc1ccco1)C(c1ccc(Cl)cc1)c1cccn1-2. The minimum Gasteiger partial charge on any atom is -0.467 e. The maximum atomic E-state index is 13.7. The fourth-order valence-corrected chi connectivity index (χ4v) is 4.95. The monoisotopic (exact) mass is 497 g/mol. The van der Waals surface area contributed by atoms with Crippen LogP contribution in [0.25, 0.3) is 11.5 Å². The number of urea groups is 1. The number of halogens is 1. The molecule has 0 bridgehead atoms. The molecule has 0 spiro atoms. The lowest BCUT2D eigenvalue weighted by atomic mass is 10.0. The molecule has 3 aromatic heterocycles. The maximum Gasteiger partial charge on any atom is 0.318 e. The number of hydrogen-bond acceptors (Lipinski definition) is 3. The first-order valence-corrected chi connectivity index (χ1v) is 12.1. The number of carbonyl (C=O) groups excluding carboxylic acids is 1. The molecule has 7 nitrogen and oxygen atoms in total. The van der Waals surface area contributed by atoms with Crippen LogP contribution in [0.4, 0.5) is 4.79 Å². The summed E-state index contributed by atoms with van der Waals surface area (Å²) in [6.07, 6.45) is 3.63. The summed E-state index contributed by atoms with van der Waals surface area (Å²) in [7, 11) is 0. The van der Waals surface area contributed by atoms with E-state index in [4.69, 9.17) is 21.1 Å². The predicted molar refractivity (Wildman–Crippen MR) is 137 cm³/mol. The standard InChI is InChI=1S/C28H24ClN5O2/c1-19-24-18-33(28(35)30-17-23-9-6-16-36-23)26(20-11-13-21(29)14-12-20)25-10-5-15-32(25)27(24)34(31-19)22-7-3-2-4-8-22/h2-16,26H,17-18H2,1H3,(H,30,35). The van der Waals surface area contributed by atoms with Gasteiger partial charge in [0.1, 0.15) is 11.6 Å². The highest BCUT2D eigenvalue weighted by molar-refractivity contribution is 6.30. The Morgan fingerprint density at radius 3 is 2.61 bits per heavy atom. The molecule has 6 rings (SSSR count). The molecular weight excluding hydrogens is 474 g/mol. The number of furan rings is 1. The molecule has 4 heterocycles. The first-order chi connectivity index (χ1) is 17.6. The van der Waals surface area contributed by atoms with Crippen LogP contribution >= 0.6 is 11.6 Å². The third-order valence-electron chi connectivity index (χ3n) is 6.53. The molecule has 1 aliphatic rings. The molecule has 180 valence electrons. The van der Waals surface area contributed by atoms with E-state index < -0.39 is 0 Å². The molecule has 5 aromatic rings. The van der Waals surface area contributed by atoms with E-state index in [1.165, 1.54) is 0 Å². The lowest BCUT2D eigenvalue weighted by Gasteiger charge is -2.31. The first-order valence-electron chi connectivity index (χ1n) is 11.7. The van der Waals surface area contributed by atoms with Gasteiger partial charge in [-0.05, 0) is 61.0 Å². The summed E-state index contributed by atoms with van der Waals surface area (Å²) >= 11 is 6.21. The summed E-state index contributed by atoms with van der Waals surface area (Å²) in [6, 6.07) is 24.9. The number of nitrogens with zero attached hydrogens (tertiary/aromatic N) is 4. The van der Waals surface area contributed by atoms with Crippen molar-refractivity contribution in [3.8, 4) is 11.5 Å². The molecule has 0 aliphatic carbocycles. The zero-order valence-corrected chi connectivity index (χ0v) is 20.4. The largest absolute Gasteiger partial charge is 0.467 e. The summed E-state index contributed by atoms with van der Waals surface area (Å²) in [5.41, 5.74) is 4.74. The Morgan fingerprint density at radius 1 is 1.06 bits per heavy atom. The average Bonchev–Trinajstić information content (AvgIpc) is 3.63. The number of carbonyl (C=O) groups is 1. The highest BCUT2D eigenvalue weighted by Gasteiger charge is 2.35. The van der Waals surface area contributed by atoms with Gasteiger partial charge in [-0.3, -0.25) is 0 Å². The normalized spacial score (nSPS) is 14.7. The Morgan fingerprint density at radius 2 is 1.86 bits per heavy atom. The smallest absolute Gasteiger partial charge is 0.318 e. The topological polar surface area (TPSA) is 68.2 Å². The van der Waals surface area contributed by atoms with E-state index in [9.17, 15) is 4.79 Å². The van der Waals surface area contributed by atoms with E-state index in [0.29, 0.717) is 23.9 Å². The number of hydrogen-bond donors (Lipinski definition) is 1. The lowest BCUT2D eigenvalue weighted by molar-refractivity contribution is 0.179. The predicted octanol–water partition coefficient (Wildman–Crippen LogP) is 6.03. The Labute approximate surface area is 213 Å². The second-order valence-corrected chi connectivity index (χ2v) is 9.19. The molecule has 1 aliphatic heterocycles. The molecule has 1 N–H and O–H groups in total. The van der Waals surface area contributed by atoms with Gasteiger partial charge in [-0.2, -0.15) is 5.10 Å². The van der Waals surface area contributed by atoms with Gasteiger partial charge in [0, 0.05) is 16.8 Å². The number of aromatic nitrogens is 3. The molecule has 0 saturated heterocycles. The number of benzene rings is 2. The van der Waals surface area contributed by atoms with E-state index >= 15 is 0 Å². The van der Waals surface area contributed by atoms with Crippen molar-refractivity contribution in [2.45, 2.75) is 26.1 Å². The van der Waals surface area contributed by atoms with Crippen molar-refractivity contribution in [3.63, 3.8) is 0 Å². The third kappa shape index (κ3) is 3.87. The van der Waals surface area contributed by atoms with Crippen LogP contribution in [0.3, 0.4) is 0 Å². The van der Waals surface area contributed by atoms with Gasteiger partial charge in [-0.25, -0.2) is 9.48 Å². The Kier molecular flexibility index (Phi) is 5.62. The molecule has 1 unspecified atom stereocenters. The number of nitrogens with one attached hydrogen (secondary N) is 1. The first kappa shape index (κ1) is 22.2. The summed E-state index contributed by atoms with van der Waals surface area (Å²) in [5, 5.41) is 8.56. The molecule has 0 fully saturated rings. The van der Waals surface area contributed by atoms with Gasteiger partial charge in [0.15, 0.2) is 0 Å².